The van der Waals surface area contributed by atoms with Crippen molar-refractivity contribution in [3.8, 4) is 0 Å². The van der Waals surface area contributed by atoms with Gasteiger partial charge < -0.3 is 9.73 Å². The third-order valence-electron chi connectivity index (χ3n) is 2.58. The highest BCUT2D eigenvalue weighted by atomic mass is 79.9. The predicted octanol–water partition coefficient (Wildman–Crippen LogP) is 4.19. The van der Waals surface area contributed by atoms with Gasteiger partial charge >= 0.3 is 0 Å². The molecular formula is C14H16BrNOS. The summed E-state index contributed by atoms with van der Waals surface area (Å²) in [5.41, 5.74) is 1.26. The topological polar surface area (TPSA) is 25.2 Å². The maximum atomic E-state index is 5.70. The zero-order valence-corrected chi connectivity index (χ0v) is 12.7. The Hall–Kier alpha value is -0.710. The van der Waals surface area contributed by atoms with Crippen LogP contribution in [-0.2, 0) is 18.8 Å². The Kier molecular flexibility index (Phi) is 5.35. The Labute approximate surface area is 120 Å². The van der Waals surface area contributed by atoms with Gasteiger partial charge in [-0.3, -0.25) is 0 Å². The first-order chi connectivity index (χ1) is 8.79. The third-order valence-corrected chi connectivity index (χ3v) is 3.92. The monoisotopic (exact) mass is 325 g/mol. The minimum atomic E-state index is 0.760. The molecule has 0 amide bonds. The molecule has 0 aliphatic rings. The van der Waals surface area contributed by atoms with Crippen molar-refractivity contribution in [3.05, 3.63) is 58.0 Å². The molecule has 0 bridgehead atoms. The van der Waals surface area contributed by atoms with Crippen LogP contribution < -0.4 is 5.32 Å². The average molecular weight is 326 g/mol. The van der Waals surface area contributed by atoms with Crippen LogP contribution in [0.2, 0.25) is 0 Å². The van der Waals surface area contributed by atoms with E-state index in [1.165, 1.54) is 5.56 Å². The van der Waals surface area contributed by atoms with E-state index in [0.29, 0.717) is 0 Å². The molecule has 2 nitrogen and oxygen atoms in total. The summed E-state index contributed by atoms with van der Waals surface area (Å²) in [7, 11) is 0. The van der Waals surface area contributed by atoms with Crippen molar-refractivity contribution in [2.24, 2.45) is 0 Å². The fraction of sp³-hybridized carbons (Fsp3) is 0.286. The van der Waals surface area contributed by atoms with E-state index >= 15 is 0 Å². The summed E-state index contributed by atoms with van der Waals surface area (Å²) in [4.78, 5) is 0. The molecule has 0 aliphatic carbocycles. The Bertz CT molecular complexity index is 498. The number of furan rings is 1. The lowest BCUT2D eigenvalue weighted by Crippen LogP contribution is -2.12. The summed E-state index contributed by atoms with van der Waals surface area (Å²) in [6.45, 7) is 1.59. The molecule has 0 spiro atoms. The molecule has 1 heterocycles. The number of thioether (sulfide) groups is 1. The van der Waals surface area contributed by atoms with E-state index in [-0.39, 0.29) is 0 Å². The summed E-state index contributed by atoms with van der Waals surface area (Å²) in [5.74, 6) is 2.97. The normalized spacial score (nSPS) is 10.8. The van der Waals surface area contributed by atoms with E-state index < -0.39 is 0 Å². The van der Waals surface area contributed by atoms with E-state index in [0.717, 1.165) is 34.8 Å². The lowest BCUT2D eigenvalue weighted by atomic mass is 10.2. The molecule has 0 saturated heterocycles. The van der Waals surface area contributed by atoms with Gasteiger partial charge in [0.25, 0.3) is 0 Å². The van der Waals surface area contributed by atoms with Crippen LogP contribution in [0.4, 0.5) is 0 Å². The quantitative estimate of drug-likeness (QED) is 0.861. The van der Waals surface area contributed by atoms with Gasteiger partial charge in [0.15, 0.2) is 0 Å². The molecule has 2 aromatic rings. The van der Waals surface area contributed by atoms with Gasteiger partial charge in [-0.25, -0.2) is 0 Å². The number of rotatable bonds is 6. The molecular weight excluding hydrogens is 310 g/mol. The fourth-order valence-corrected chi connectivity index (χ4v) is 2.56. The first-order valence-corrected chi connectivity index (χ1v) is 7.99. The number of benzene rings is 1. The summed E-state index contributed by atoms with van der Waals surface area (Å²) >= 11 is 5.31. The molecule has 2 rings (SSSR count). The molecule has 18 heavy (non-hydrogen) atoms. The van der Waals surface area contributed by atoms with Gasteiger partial charge in [-0.05, 0) is 30.0 Å². The molecule has 96 valence electrons. The molecule has 4 heteroatoms. The zero-order chi connectivity index (χ0) is 12.8. The summed E-state index contributed by atoms with van der Waals surface area (Å²) < 4.78 is 6.84. The van der Waals surface area contributed by atoms with Crippen LogP contribution in [0.3, 0.4) is 0 Å². The molecule has 0 aliphatic heterocycles. The number of hydrogen-bond donors (Lipinski definition) is 1. The lowest BCUT2D eigenvalue weighted by molar-refractivity contribution is 0.459. The predicted molar refractivity (Wildman–Crippen MR) is 80.6 cm³/mol. The molecule has 1 aromatic carbocycles. The van der Waals surface area contributed by atoms with E-state index in [4.69, 9.17) is 4.42 Å². The van der Waals surface area contributed by atoms with Gasteiger partial charge in [-0.15, -0.1) is 0 Å². The highest BCUT2D eigenvalue weighted by molar-refractivity contribution is 9.10. The van der Waals surface area contributed by atoms with E-state index in [2.05, 4.69) is 39.6 Å². The van der Waals surface area contributed by atoms with Crippen molar-refractivity contribution >= 4 is 27.7 Å². The zero-order valence-electron chi connectivity index (χ0n) is 10.3. The largest absolute Gasteiger partial charge is 0.464 e. The second-order valence-electron chi connectivity index (χ2n) is 4.00. The Balaban J connectivity index is 1.83. The highest BCUT2D eigenvalue weighted by Crippen LogP contribution is 2.16. The van der Waals surface area contributed by atoms with Gasteiger partial charge in [-0.1, -0.05) is 34.1 Å². The second-order valence-corrected chi connectivity index (χ2v) is 5.72. The van der Waals surface area contributed by atoms with Crippen molar-refractivity contribution in [3.63, 3.8) is 0 Å². The molecule has 1 aromatic heterocycles. The van der Waals surface area contributed by atoms with Gasteiger partial charge in [0.05, 0.1) is 12.3 Å². The van der Waals surface area contributed by atoms with Crippen LogP contribution >= 0.6 is 27.7 Å². The number of nitrogens with one attached hydrogen (secondary N) is 1. The molecule has 0 atom stereocenters. The summed E-state index contributed by atoms with van der Waals surface area (Å²) in [6, 6.07) is 12.3. The maximum absolute atomic E-state index is 5.70. The van der Waals surface area contributed by atoms with Crippen molar-refractivity contribution in [1.29, 1.82) is 0 Å². The number of halogens is 1. The van der Waals surface area contributed by atoms with Crippen LogP contribution in [0.5, 0.6) is 0 Å². The van der Waals surface area contributed by atoms with Crippen LogP contribution in [-0.4, -0.2) is 6.26 Å². The van der Waals surface area contributed by atoms with Crippen LogP contribution in [0, 0.1) is 0 Å². The molecule has 0 unspecified atom stereocenters. The SMILES string of the molecule is CSCc1ccc(CNCc2ccccc2Br)o1. The Morgan fingerprint density at radius 1 is 1.11 bits per heavy atom. The van der Waals surface area contributed by atoms with Crippen molar-refractivity contribution < 1.29 is 4.42 Å². The summed E-state index contributed by atoms with van der Waals surface area (Å²) in [6.07, 6.45) is 2.08. The minimum Gasteiger partial charge on any atom is -0.464 e. The second kappa shape index (κ2) is 7.02. The Morgan fingerprint density at radius 2 is 1.89 bits per heavy atom. The summed E-state index contributed by atoms with van der Waals surface area (Å²) in [5, 5.41) is 3.38. The van der Waals surface area contributed by atoms with Gasteiger partial charge in [0.2, 0.25) is 0 Å². The average Bonchev–Trinajstić information content (AvgIpc) is 2.80. The van der Waals surface area contributed by atoms with Gasteiger partial charge in [0, 0.05) is 11.0 Å². The number of hydrogen-bond acceptors (Lipinski definition) is 3. The smallest absolute Gasteiger partial charge is 0.118 e. The maximum Gasteiger partial charge on any atom is 0.118 e. The minimum absolute atomic E-state index is 0.760. The van der Waals surface area contributed by atoms with Gasteiger partial charge in [-0.2, -0.15) is 11.8 Å². The first kappa shape index (κ1) is 13.7. The molecule has 0 saturated carbocycles. The van der Waals surface area contributed by atoms with E-state index in [1.807, 2.05) is 24.3 Å². The fourth-order valence-electron chi connectivity index (χ4n) is 1.70. The standard InChI is InChI=1S/C14H16BrNOS/c1-18-10-13-7-6-12(17-13)9-16-8-11-4-2-3-5-14(11)15/h2-7,16H,8-10H2,1H3. The van der Waals surface area contributed by atoms with E-state index in [1.54, 1.807) is 11.8 Å². The van der Waals surface area contributed by atoms with E-state index in [9.17, 15) is 0 Å². The van der Waals surface area contributed by atoms with Crippen LogP contribution in [0.1, 0.15) is 17.1 Å². The molecule has 0 radical (unpaired) electrons. The molecule has 1 N–H and O–H groups in total. The Morgan fingerprint density at radius 3 is 2.67 bits per heavy atom. The third kappa shape index (κ3) is 3.90. The van der Waals surface area contributed by atoms with Crippen molar-refractivity contribution in [1.82, 2.24) is 5.32 Å². The highest BCUT2D eigenvalue weighted by Gasteiger charge is 2.02. The van der Waals surface area contributed by atoms with Crippen LogP contribution in [0.15, 0.2) is 45.3 Å². The van der Waals surface area contributed by atoms with Crippen molar-refractivity contribution in [2.75, 3.05) is 6.26 Å². The van der Waals surface area contributed by atoms with Crippen molar-refractivity contribution in [2.45, 2.75) is 18.8 Å². The van der Waals surface area contributed by atoms with Gasteiger partial charge in [0.1, 0.15) is 11.5 Å². The lowest BCUT2D eigenvalue weighted by Gasteiger charge is -2.05. The first-order valence-electron chi connectivity index (χ1n) is 5.80. The van der Waals surface area contributed by atoms with Crippen LogP contribution in [0.25, 0.3) is 0 Å². The molecule has 0 fully saturated rings.